The van der Waals surface area contributed by atoms with Crippen LogP contribution in [0, 0.1) is 12.8 Å². The molecule has 0 aromatic heterocycles. The lowest BCUT2D eigenvalue weighted by Crippen LogP contribution is -2.52. The SMILES string of the molecule is Cc1ccc(CNC(=O)N2CCC3(CC2)CC(CCO)CCO3)cc1. The Kier molecular flexibility index (Phi) is 5.97. The summed E-state index contributed by atoms with van der Waals surface area (Å²) in [6.07, 6.45) is 4.72. The van der Waals surface area contributed by atoms with Crippen molar-refractivity contribution in [3.05, 3.63) is 35.4 Å². The van der Waals surface area contributed by atoms with Gasteiger partial charge in [0, 0.05) is 32.8 Å². The Bertz CT molecular complexity index is 563. The minimum absolute atomic E-state index is 0.0122. The maximum atomic E-state index is 12.4. The second-order valence-electron chi connectivity index (χ2n) is 7.53. The molecule has 25 heavy (non-hydrogen) atoms. The first-order chi connectivity index (χ1) is 12.1. The van der Waals surface area contributed by atoms with Crippen molar-refractivity contribution >= 4 is 6.03 Å². The number of hydrogen-bond acceptors (Lipinski definition) is 3. The zero-order valence-electron chi connectivity index (χ0n) is 15.2. The average molecular weight is 346 g/mol. The van der Waals surface area contributed by atoms with E-state index in [1.165, 1.54) is 5.56 Å². The minimum Gasteiger partial charge on any atom is -0.396 e. The van der Waals surface area contributed by atoms with Gasteiger partial charge in [-0.3, -0.25) is 0 Å². The van der Waals surface area contributed by atoms with E-state index in [1.807, 2.05) is 4.90 Å². The molecule has 2 aliphatic rings. The lowest BCUT2D eigenvalue weighted by atomic mass is 9.78. The van der Waals surface area contributed by atoms with Crippen molar-refractivity contribution in [3.63, 3.8) is 0 Å². The molecule has 138 valence electrons. The van der Waals surface area contributed by atoms with Crippen molar-refractivity contribution in [2.45, 2.75) is 51.2 Å². The van der Waals surface area contributed by atoms with Gasteiger partial charge in [0.25, 0.3) is 0 Å². The van der Waals surface area contributed by atoms with Crippen molar-refractivity contribution in [1.82, 2.24) is 10.2 Å². The second kappa shape index (κ2) is 8.19. The number of aliphatic hydroxyl groups is 1. The van der Waals surface area contributed by atoms with E-state index in [0.29, 0.717) is 12.5 Å². The van der Waals surface area contributed by atoms with Gasteiger partial charge in [0.15, 0.2) is 0 Å². The van der Waals surface area contributed by atoms with Crippen LogP contribution >= 0.6 is 0 Å². The molecule has 2 aliphatic heterocycles. The first-order valence-electron chi connectivity index (χ1n) is 9.43. The van der Waals surface area contributed by atoms with E-state index in [0.717, 1.165) is 57.4 Å². The number of hydrogen-bond donors (Lipinski definition) is 2. The third-order valence-electron chi connectivity index (χ3n) is 5.66. The third kappa shape index (κ3) is 4.73. The number of piperidine rings is 1. The summed E-state index contributed by atoms with van der Waals surface area (Å²) in [5, 5.41) is 12.2. The van der Waals surface area contributed by atoms with Gasteiger partial charge in [-0.15, -0.1) is 0 Å². The number of rotatable bonds is 4. The molecule has 2 amide bonds. The van der Waals surface area contributed by atoms with Crippen LogP contribution in [-0.4, -0.2) is 47.9 Å². The second-order valence-corrected chi connectivity index (χ2v) is 7.53. The van der Waals surface area contributed by atoms with Gasteiger partial charge in [0.2, 0.25) is 0 Å². The Morgan fingerprint density at radius 2 is 2.04 bits per heavy atom. The highest BCUT2D eigenvalue weighted by Gasteiger charge is 2.40. The fourth-order valence-corrected chi connectivity index (χ4v) is 4.02. The molecule has 1 spiro atoms. The summed E-state index contributed by atoms with van der Waals surface area (Å²) in [5.41, 5.74) is 2.27. The van der Waals surface area contributed by atoms with Crippen molar-refractivity contribution in [2.24, 2.45) is 5.92 Å². The number of carbonyl (C=O) groups is 1. The lowest BCUT2D eigenvalue weighted by molar-refractivity contribution is -0.124. The Hall–Kier alpha value is -1.59. The van der Waals surface area contributed by atoms with Crippen LogP contribution in [0.4, 0.5) is 4.79 Å². The molecule has 1 atom stereocenters. The van der Waals surface area contributed by atoms with Crippen LogP contribution in [0.15, 0.2) is 24.3 Å². The Morgan fingerprint density at radius 1 is 1.32 bits per heavy atom. The van der Waals surface area contributed by atoms with Gasteiger partial charge in [0.1, 0.15) is 0 Å². The highest BCUT2D eigenvalue weighted by Crippen LogP contribution is 2.38. The number of likely N-dealkylation sites (tertiary alicyclic amines) is 1. The Labute approximate surface area is 150 Å². The molecule has 5 nitrogen and oxygen atoms in total. The van der Waals surface area contributed by atoms with Gasteiger partial charge < -0.3 is 20.1 Å². The summed E-state index contributed by atoms with van der Waals surface area (Å²) >= 11 is 0. The normalized spacial score (nSPS) is 22.8. The fraction of sp³-hybridized carbons (Fsp3) is 0.650. The van der Waals surface area contributed by atoms with Gasteiger partial charge in [-0.2, -0.15) is 0 Å². The molecule has 2 fully saturated rings. The quantitative estimate of drug-likeness (QED) is 0.881. The summed E-state index contributed by atoms with van der Waals surface area (Å²) in [4.78, 5) is 14.3. The number of benzene rings is 1. The van der Waals surface area contributed by atoms with Crippen LogP contribution in [0.1, 0.15) is 43.2 Å². The van der Waals surface area contributed by atoms with E-state index in [9.17, 15) is 9.90 Å². The van der Waals surface area contributed by atoms with Crippen molar-refractivity contribution in [1.29, 1.82) is 0 Å². The average Bonchev–Trinajstić information content (AvgIpc) is 2.62. The van der Waals surface area contributed by atoms with E-state index in [-0.39, 0.29) is 18.2 Å². The van der Waals surface area contributed by atoms with Crippen LogP contribution in [-0.2, 0) is 11.3 Å². The summed E-state index contributed by atoms with van der Waals surface area (Å²) in [5.74, 6) is 0.556. The molecule has 0 aliphatic carbocycles. The number of nitrogens with one attached hydrogen (secondary N) is 1. The smallest absolute Gasteiger partial charge is 0.317 e. The maximum Gasteiger partial charge on any atom is 0.317 e. The van der Waals surface area contributed by atoms with Gasteiger partial charge >= 0.3 is 6.03 Å². The molecular weight excluding hydrogens is 316 g/mol. The van der Waals surface area contributed by atoms with E-state index >= 15 is 0 Å². The molecule has 0 radical (unpaired) electrons. The molecule has 2 N–H and O–H groups in total. The first-order valence-corrected chi connectivity index (χ1v) is 9.43. The van der Waals surface area contributed by atoms with Gasteiger partial charge in [-0.1, -0.05) is 29.8 Å². The lowest BCUT2D eigenvalue weighted by Gasteiger charge is -2.46. The third-order valence-corrected chi connectivity index (χ3v) is 5.66. The molecule has 0 saturated carbocycles. The summed E-state index contributed by atoms with van der Waals surface area (Å²) in [7, 11) is 0. The van der Waals surface area contributed by atoms with Crippen molar-refractivity contribution in [3.8, 4) is 0 Å². The predicted molar refractivity (Wildman–Crippen MR) is 97.3 cm³/mol. The number of urea groups is 1. The fourth-order valence-electron chi connectivity index (χ4n) is 4.02. The van der Waals surface area contributed by atoms with Crippen LogP contribution in [0.25, 0.3) is 0 Å². The van der Waals surface area contributed by atoms with Crippen LogP contribution < -0.4 is 5.32 Å². The topological polar surface area (TPSA) is 61.8 Å². The van der Waals surface area contributed by atoms with Gasteiger partial charge in [-0.05, 0) is 50.5 Å². The van der Waals surface area contributed by atoms with E-state index in [2.05, 4.69) is 36.5 Å². The first kappa shape index (κ1) is 18.2. The molecule has 2 heterocycles. The zero-order valence-corrected chi connectivity index (χ0v) is 15.2. The number of ether oxygens (including phenoxy) is 1. The number of carbonyl (C=O) groups excluding carboxylic acids is 1. The molecule has 2 saturated heterocycles. The summed E-state index contributed by atoms with van der Waals surface area (Å²) < 4.78 is 6.11. The van der Waals surface area contributed by atoms with Gasteiger partial charge in [0.05, 0.1) is 5.60 Å². The Morgan fingerprint density at radius 3 is 2.72 bits per heavy atom. The van der Waals surface area contributed by atoms with Crippen LogP contribution in [0.3, 0.4) is 0 Å². The molecular formula is C20H30N2O3. The van der Waals surface area contributed by atoms with Crippen molar-refractivity contribution < 1.29 is 14.6 Å². The molecule has 0 bridgehead atoms. The monoisotopic (exact) mass is 346 g/mol. The Balaban J connectivity index is 1.46. The van der Waals surface area contributed by atoms with E-state index in [4.69, 9.17) is 4.74 Å². The standard InChI is InChI=1S/C20H30N2O3/c1-16-2-4-18(5-3-16)15-21-19(24)22-10-8-20(9-11-22)14-17(6-12-23)7-13-25-20/h2-5,17,23H,6-15H2,1H3,(H,21,24). The molecule has 1 aromatic rings. The molecule has 3 rings (SSSR count). The number of nitrogens with zero attached hydrogens (tertiary/aromatic N) is 1. The predicted octanol–water partition coefficient (Wildman–Crippen LogP) is 2.85. The van der Waals surface area contributed by atoms with Crippen LogP contribution in [0.5, 0.6) is 0 Å². The highest BCUT2D eigenvalue weighted by atomic mass is 16.5. The van der Waals surface area contributed by atoms with Gasteiger partial charge in [-0.25, -0.2) is 4.79 Å². The number of aryl methyl sites for hydroxylation is 1. The molecule has 5 heteroatoms. The van der Waals surface area contributed by atoms with E-state index in [1.54, 1.807) is 0 Å². The summed E-state index contributed by atoms with van der Waals surface area (Å²) in [6.45, 7) is 5.15. The highest BCUT2D eigenvalue weighted by molar-refractivity contribution is 5.74. The maximum absolute atomic E-state index is 12.4. The number of aliphatic hydroxyl groups excluding tert-OH is 1. The molecule has 1 unspecified atom stereocenters. The van der Waals surface area contributed by atoms with E-state index < -0.39 is 0 Å². The van der Waals surface area contributed by atoms with Crippen LogP contribution in [0.2, 0.25) is 0 Å². The minimum atomic E-state index is -0.0776. The number of amides is 2. The summed E-state index contributed by atoms with van der Waals surface area (Å²) in [6, 6.07) is 8.25. The molecule has 1 aromatic carbocycles. The van der Waals surface area contributed by atoms with Crippen molar-refractivity contribution in [2.75, 3.05) is 26.3 Å². The zero-order chi connectivity index (χ0) is 17.7. The largest absolute Gasteiger partial charge is 0.396 e.